The predicted octanol–water partition coefficient (Wildman–Crippen LogP) is 3.56. The second-order valence-electron chi connectivity index (χ2n) is 10.6. The quantitative estimate of drug-likeness (QED) is 0.569. The summed E-state index contributed by atoms with van der Waals surface area (Å²) in [7, 11) is 1.85. The van der Waals surface area contributed by atoms with Gasteiger partial charge in [0.15, 0.2) is 11.5 Å². The minimum absolute atomic E-state index is 0.0235. The largest absolute Gasteiger partial charge is 0.504 e. The maximum absolute atomic E-state index is 13.4. The summed E-state index contributed by atoms with van der Waals surface area (Å²) < 4.78 is 7.52. The van der Waals surface area contributed by atoms with Crippen molar-refractivity contribution in [2.24, 2.45) is 0 Å². The van der Waals surface area contributed by atoms with Crippen molar-refractivity contribution in [1.29, 1.82) is 0 Å². The molecule has 0 radical (unpaired) electrons. The Hall–Kier alpha value is -2.35. The van der Waals surface area contributed by atoms with E-state index in [1.54, 1.807) is 6.07 Å². The second-order valence-corrected chi connectivity index (χ2v) is 11.5. The number of amides is 1. The summed E-state index contributed by atoms with van der Waals surface area (Å²) >= 11 is 3.49. The first-order valence-corrected chi connectivity index (χ1v) is 13.2. The van der Waals surface area contributed by atoms with Crippen LogP contribution in [-0.2, 0) is 23.1 Å². The molecule has 2 heterocycles. The lowest BCUT2D eigenvalue weighted by Crippen LogP contribution is -2.78. The number of aliphatic hydroxyl groups is 1. The molecule has 2 aromatic rings. The molecular weight excluding hydrogens is 508 g/mol. The number of carbonyl (C=O) groups is 1. The van der Waals surface area contributed by atoms with E-state index >= 15 is 0 Å². The molecule has 2 bridgehead atoms. The maximum Gasteiger partial charge on any atom is 0.227 e. The number of likely N-dealkylation sites (tertiary alicyclic amines) is 1. The van der Waals surface area contributed by atoms with Crippen LogP contribution in [-0.4, -0.2) is 69.8 Å². The Morgan fingerprint density at radius 3 is 2.94 bits per heavy atom. The molecule has 4 aliphatic rings. The number of piperidine rings is 1. The molecule has 6 rings (SSSR count). The van der Waals surface area contributed by atoms with Crippen molar-refractivity contribution < 1.29 is 19.7 Å². The number of nitrogens with zero attached hydrogens (tertiary/aromatic N) is 2. The number of ether oxygens (including phenoxy) is 1. The van der Waals surface area contributed by atoms with Gasteiger partial charge in [0.05, 0.1) is 23.5 Å². The highest BCUT2D eigenvalue weighted by molar-refractivity contribution is 9.10. The van der Waals surface area contributed by atoms with Crippen LogP contribution in [0.25, 0.3) is 0 Å². The number of aromatic hydroxyl groups is 1. The molecule has 35 heavy (non-hydrogen) atoms. The first-order chi connectivity index (χ1) is 16.8. The van der Waals surface area contributed by atoms with Crippen molar-refractivity contribution in [1.82, 2.24) is 9.80 Å². The normalized spacial score (nSPS) is 32.5. The fourth-order valence-electron chi connectivity index (χ4n) is 7.52. The second kappa shape index (κ2) is 8.08. The van der Waals surface area contributed by atoms with Crippen molar-refractivity contribution in [3.05, 3.63) is 70.2 Å². The fraction of sp³-hybridized carbons (Fsp3) is 0.464. The number of phenols is 1. The summed E-state index contributed by atoms with van der Waals surface area (Å²) in [6.45, 7) is 5.47. The summed E-state index contributed by atoms with van der Waals surface area (Å²) in [5.74, 6) is 0.639. The van der Waals surface area contributed by atoms with Crippen molar-refractivity contribution in [3.8, 4) is 11.5 Å². The molecule has 1 amide bonds. The molecule has 1 saturated carbocycles. The van der Waals surface area contributed by atoms with Crippen LogP contribution in [0.4, 0.5) is 0 Å². The third-order valence-electron chi connectivity index (χ3n) is 9.04. The van der Waals surface area contributed by atoms with E-state index in [1.807, 2.05) is 48.4 Å². The molecule has 2 fully saturated rings. The molecule has 2 aliphatic carbocycles. The third kappa shape index (κ3) is 3.11. The van der Waals surface area contributed by atoms with E-state index in [-0.39, 0.29) is 23.7 Å². The van der Waals surface area contributed by atoms with E-state index < -0.39 is 17.1 Å². The molecule has 2 aromatic carbocycles. The molecule has 2 aliphatic heterocycles. The highest BCUT2D eigenvalue weighted by atomic mass is 79.9. The van der Waals surface area contributed by atoms with E-state index in [4.69, 9.17) is 4.74 Å². The number of benzene rings is 2. The smallest absolute Gasteiger partial charge is 0.227 e. The SMILES string of the molecule is C=CCN1CC[C@]23c4c5ccc(O)c4O[C@H]2[C@H](N(C)C(=O)Cc2cccc(Br)c2)CC[C@@]3(O)[C@H]1C5. The number of halogens is 1. The maximum atomic E-state index is 13.4. The molecule has 0 unspecified atom stereocenters. The minimum atomic E-state index is -0.990. The van der Waals surface area contributed by atoms with Crippen molar-refractivity contribution in [2.75, 3.05) is 20.1 Å². The summed E-state index contributed by atoms with van der Waals surface area (Å²) in [4.78, 5) is 17.6. The Balaban J connectivity index is 1.40. The number of hydrogen-bond donors (Lipinski definition) is 2. The summed E-state index contributed by atoms with van der Waals surface area (Å²) in [6.07, 6.45) is 4.45. The number of carbonyl (C=O) groups excluding carboxylic acids is 1. The monoisotopic (exact) mass is 538 g/mol. The average Bonchev–Trinajstić information content (AvgIpc) is 3.18. The first-order valence-electron chi connectivity index (χ1n) is 12.4. The van der Waals surface area contributed by atoms with Gasteiger partial charge in [-0.15, -0.1) is 6.58 Å². The number of hydrogen-bond acceptors (Lipinski definition) is 5. The summed E-state index contributed by atoms with van der Waals surface area (Å²) in [5.41, 5.74) is 1.41. The van der Waals surface area contributed by atoms with Crippen LogP contribution >= 0.6 is 15.9 Å². The molecule has 184 valence electrons. The highest BCUT2D eigenvalue weighted by Gasteiger charge is 2.73. The van der Waals surface area contributed by atoms with Crippen LogP contribution in [0.1, 0.15) is 36.0 Å². The van der Waals surface area contributed by atoms with Gasteiger partial charge in [0.1, 0.15) is 6.10 Å². The van der Waals surface area contributed by atoms with Gasteiger partial charge in [-0.3, -0.25) is 9.69 Å². The molecule has 1 saturated heterocycles. The lowest BCUT2D eigenvalue weighted by molar-refractivity contribution is -0.198. The molecule has 0 aromatic heterocycles. The zero-order chi connectivity index (χ0) is 24.5. The van der Waals surface area contributed by atoms with Crippen LogP contribution in [0.15, 0.2) is 53.5 Å². The Labute approximate surface area is 214 Å². The lowest BCUT2D eigenvalue weighted by atomic mass is 9.48. The van der Waals surface area contributed by atoms with Crippen LogP contribution in [0, 0.1) is 0 Å². The first kappa shape index (κ1) is 23.1. The Kier molecular flexibility index (Phi) is 5.33. The molecule has 6 nitrogen and oxygen atoms in total. The van der Waals surface area contributed by atoms with Gasteiger partial charge < -0.3 is 19.8 Å². The third-order valence-corrected chi connectivity index (χ3v) is 9.53. The molecule has 5 atom stereocenters. The van der Waals surface area contributed by atoms with Gasteiger partial charge in [-0.2, -0.15) is 0 Å². The highest BCUT2D eigenvalue weighted by Crippen LogP contribution is 2.65. The number of rotatable bonds is 5. The van der Waals surface area contributed by atoms with Crippen LogP contribution in [0.2, 0.25) is 0 Å². The van der Waals surface area contributed by atoms with Gasteiger partial charge in [-0.1, -0.05) is 40.2 Å². The predicted molar refractivity (Wildman–Crippen MR) is 137 cm³/mol. The number of likely N-dealkylation sites (N-methyl/N-ethyl adjacent to an activating group) is 1. The van der Waals surface area contributed by atoms with Crippen molar-refractivity contribution in [3.63, 3.8) is 0 Å². The van der Waals surface area contributed by atoms with Gasteiger partial charge in [0, 0.05) is 29.7 Å². The fourth-order valence-corrected chi connectivity index (χ4v) is 7.96. The van der Waals surface area contributed by atoms with Gasteiger partial charge >= 0.3 is 0 Å². The Morgan fingerprint density at radius 2 is 2.17 bits per heavy atom. The summed E-state index contributed by atoms with van der Waals surface area (Å²) in [5, 5.41) is 23.2. The van der Waals surface area contributed by atoms with E-state index in [9.17, 15) is 15.0 Å². The van der Waals surface area contributed by atoms with Gasteiger partial charge in [0.25, 0.3) is 0 Å². The average molecular weight is 539 g/mol. The van der Waals surface area contributed by atoms with Crippen molar-refractivity contribution >= 4 is 21.8 Å². The molecule has 1 spiro atoms. The van der Waals surface area contributed by atoms with Gasteiger partial charge in [0.2, 0.25) is 5.91 Å². The van der Waals surface area contributed by atoms with Gasteiger partial charge in [-0.25, -0.2) is 0 Å². The summed E-state index contributed by atoms with van der Waals surface area (Å²) in [6, 6.07) is 11.3. The molecule has 2 N–H and O–H groups in total. The molecule has 7 heteroatoms. The number of phenolic OH excluding ortho intramolecular Hbond substituents is 1. The minimum Gasteiger partial charge on any atom is -0.504 e. The van der Waals surface area contributed by atoms with Crippen molar-refractivity contribution in [2.45, 2.75) is 61.3 Å². The molecular formula is C28H31BrN2O4. The van der Waals surface area contributed by atoms with E-state index in [1.165, 1.54) is 0 Å². The topological polar surface area (TPSA) is 73.2 Å². The van der Waals surface area contributed by atoms with E-state index in [0.29, 0.717) is 37.9 Å². The Bertz CT molecular complexity index is 1220. The van der Waals surface area contributed by atoms with Crippen LogP contribution in [0.5, 0.6) is 11.5 Å². The van der Waals surface area contributed by atoms with Crippen LogP contribution in [0.3, 0.4) is 0 Å². The van der Waals surface area contributed by atoms with Gasteiger partial charge in [-0.05, 0) is 61.6 Å². The van der Waals surface area contributed by atoms with E-state index in [0.717, 1.165) is 34.3 Å². The zero-order valence-corrected chi connectivity index (χ0v) is 21.5. The lowest BCUT2D eigenvalue weighted by Gasteiger charge is -2.64. The Morgan fingerprint density at radius 1 is 1.34 bits per heavy atom. The van der Waals surface area contributed by atoms with Crippen LogP contribution < -0.4 is 4.74 Å². The standard InChI is InChI=1S/C28H31BrN2O4/c1-3-12-31-13-11-27-24-18-7-8-21(32)25(24)35-26(27)20(9-10-28(27,34)22(31)16-18)30(2)23(33)15-17-5-4-6-19(29)14-17/h3-8,14,20,22,26,32,34H,1,9-13,15-16H2,2H3/t20-,22-,26+,27+,28-/m1/s1. The van der Waals surface area contributed by atoms with E-state index in [2.05, 4.69) is 27.4 Å². The zero-order valence-electron chi connectivity index (χ0n) is 19.9.